The van der Waals surface area contributed by atoms with Crippen LogP contribution in [0, 0.1) is 5.92 Å². The summed E-state index contributed by atoms with van der Waals surface area (Å²) in [6.45, 7) is 2.13. The number of hydrogen-bond donors (Lipinski definition) is 2. The Balaban J connectivity index is 1.39. The zero-order chi connectivity index (χ0) is 27.9. The molecule has 1 aromatic heterocycles. The Hall–Kier alpha value is -3.69. The number of carbonyl (C=O) groups excluding carboxylic acids is 1. The minimum atomic E-state index is -0.641. The number of nitrogens with zero attached hydrogens (tertiary/aromatic N) is 1. The highest BCUT2D eigenvalue weighted by Crippen LogP contribution is 2.44. The number of aromatic nitrogens is 1. The average molecular weight is 557 g/mol. The van der Waals surface area contributed by atoms with Crippen LogP contribution < -0.4 is 10.1 Å². The monoisotopic (exact) mass is 556 g/mol. The first kappa shape index (κ1) is 27.9. The lowest BCUT2D eigenvalue weighted by atomic mass is 9.91. The van der Waals surface area contributed by atoms with Gasteiger partial charge in [0, 0.05) is 40.2 Å². The van der Waals surface area contributed by atoms with Crippen molar-refractivity contribution in [2.24, 2.45) is 5.92 Å². The zero-order valence-corrected chi connectivity index (χ0v) is 23.2. The molecule has 1 saturated heterocycles. The minimum absolute atomic E-state index is 0.0111. The number of anilines is 1. The molecule has 1 amide bonds. The van der Waals surface area contributed by atoms with Crippen LogP contribution in [0.1, 0.15) is 46.4 Å². The van der Waals surface area contributed by atoms with Gasteiger partial charge in [0.1, 0.15) is 5.75 Å². The molecule has 2 heterocycles. The molecule has 4 atom stereocenters. The maximum absolute atomic E-state index is 12.7. The molecular weight excluding hydrogens is 524 g/mol. The number of aliphatic hydroxyl groups is 1. The van der Waals surface area contributed by atoms with E-state index in [1.165, 1.54) is 6.20 Å². The number of methoxy groups -OCH3 is 1. The Bertz CT molecular complexity index is 1420. The van der Waals surface area contributed by atoms with Gasteiger partial charge in [0.25, 0.3) is 5.91 Å². The van der Waals surface area contributed by atoms with E-state index in [1.807, 2.05) is 72.8 Å². The third-order valence-corrected chi connectivity index (χ3v) is 8.08. The van der Waals surface area contributed by atoms with Gasteiger partial charge < -0.3 is 24.6 Å². The summed E-state index contributed by atoms with van der Waals surface area (Å²) in [6.07, 6.45) is 2.15. The van der Waals surface area contributed by atoms with Crippen LogP contribution in [0.2, 0.25) is 0 Å². The number of ether oxygens (including phenoxy) is 3. The molecule has 0 aliphatic carbocycles. The highest BCUT2D eigenvalue weighted by atomic mass is 32.2. The third kappa shape index (κ3) is 6.54. The summed E-state index contributed by atoms with van der Waals surface area (Å²) in [6, 6.07) is 26.8. The molecule has 0 saturated carbocycles. The summed E-state index contributed by atoms with van der Waals surface area (Å²) in [7, 11) is 1.68. The first-order valence-electron chi connectivity index (χ1n) is 13.1. The molecule has 8 heteroatoms. The number of amides is 1. The lowest BCUT2D eigenvalue weighted by Crippen LogP contribution is -2.38. The molecule has 3 aromatic carbocycles. The number of rotatable bonds is 9. The Morgan fingerprint density at radius 3 is 2.58 bits per heavy atom. The number of nitrogens with one attached hydrogen (secondary N) is 1. The number of hydrogen-bond acceptors (Lipinski definition) is 7. The summed E-state index contributed by atoms with van der Waals surface area (Å²) >= 11 is 1.69. The predicted octanol–water partition coefficient (Wildman–Crippen LogP) is 6.42. The summed E-state index contributed by atoms with van der Waals surface area (Å²) < 4.78 is 18.7. The maximum Gasteiger partial charge on any atom is 0.257 e. The molecule has 40 heavy (non-hydrogen) atoms. The molecule has 0 bridgehead atoms. The van der Waals surface area contributed by atoms with Gasteiger partial charge in [-0.1, -0.05) is 55.5 Å². The Morgan fingerprint density at radius 1 is 1.00 bits per heavy atom. The highest BCUT2D eigenvalue weighted by molar-refractivity contribution is 7.99. The summed E-state index contributed by atoms with van der Waals surface area (Å²) in [5, 5.41) is 12.4. The molecule has 0 spiro atoms. The fourth-order valence-corrected chi connectivity index (χ4v) is 5.88. The van der Waals surface area contributed by atoms with E-state index in [-0.39, 0.29) is 30.6 Å². The summed E-state index contributed by atoms with van der Waals surface area (Å²) in [4.78, 5) is 17.8. The molecule has 1 aliphatic heterocycles. The van der Waals surface area contributed by atoms with Gasteiger partial charge in [0.15, 0.2) is 6.29 Å². The van der Waals surface area contributed by atoms with Gasteiger partial charge >= 0.3 is 0 Å². The molecule has 2 N–H and O–H groups in total. The van der Waals surface area contributed by atoms with Gasteiger partial charge in [-0.05, 0) is 47.5 Å². The van der Waals surface area contributed by atoms with Gasteiger partial charge in [0.2, 0.25) is 0 Å². The number of para-hydroxylation sites is 1. The average Bonchev–Trinajstić information content (AvgIpc) is 3.01. The first-order valence-corrected chi connectivity index (χ1v) is 14.1. The van der Waals surface area contributed by atoms with Crippen molar-refractivity contribution in [3.05, 3.63) is 120 Å². The Kier molecular flexibility index (Phi) is 9.13. The zero-order valence-electron chi connectivity index (χ0n) is 22.4. The van der Waals surface area contributed by atoms with E-state index in [1.54, 1.807) is 37.2 Å². The van der Waals surface area contributed by atoms with Crippen LogP contribution in [-0.2, 0) is 16.1 Å². The second-order valence-corrected chi connectivity index (χ2v) is 10.7. The van der Waals surface area contributed by atoms with Crippen molar-refractivity contribution in [2.75, 3.05) is 18.2 Å². The van der Waals surface area contributed by atoms with Crippen LogP contribution in [0.3, 0.4) is 0 Å². The van der Waals surface area contributed by atoms with E-state index in [0.717, 1.165) is 27.3 Å². The van der Waals surface area contributed by atoms with Crippen molar-refractivity contribution >= 4 is 23.4 Å². The first-order chi connectivity index (χ1) is 19.6. The molecular formula is C32H32N2O5S. The van der Waals surface area contributed by atoms with E-state index < -0.39 is 6.29 Å². The van der Waals surface area contributed by atoms with Crippen molar-refractivity contribution in [1.29, 1.82) is 0 Å². The van der Waals surface area contributed by atoms with Crippen LogP contribution >= 0.6 is 11.8 Å². The van der Waals surface area contributed by atoms with Crippen molar-refractivity contribution in [3.8, 4) is 5.75 Å². The Labute approximate surface area is 238 Å². The quantitative estimate of drug-likeness (QED) is 0.230. The van der Waals surface area contributed by atoms with Crippen LogP contribution in [0.15, 0.2) is 102 Å². The molecule has 0 unspecified atom stereocenters. The van der Waals surface area contributed by atoms with Gasteiger partial charge in [-0.3, -0.25) is 9.78 Å². The number of carbonyl (C=O) groups is 1. The van der Waals surface area contributed by atoms with Gasteiger partial charge in [0.05, 0.1) is 31.5 Å². The molecule has 206 valence electrons. The molecule has 1 fully saturated rings. The minimum Gasteiger partial charge on any atom is -0.496 e. The van der Waals surface area contributed by atoms with E-state index in [4.69, 9.17) is 14.2 Å². The van der Waals surface area contributed by atoms with E-state index >= 15 is 0 Å². The SMILES string of the molecule is COc1ccccc1SC[C@@H]1O[C@H](c2cccc(NC(=O)c3cccnc3)c2)O[C@H](c2ccc(CO)cc2)[C@@H]1C. The normalized spacial score (nSPS) is 20.6. The van der Waals surface area contributed by atoms with E-state index in [2.05, 4.69) is 17.2 Å². The summed E-state index contributed by atoms with van der Waals surface area (Å²) in [5.74, 6) is 1.34. The van der Waals surface area contributed by atoms with Crippen LogP contribution in [0.5, 0.6) is 5.75 Å². The summed E-state index contributed by atoms with van der Waals surface area (Å²) in [5.41, 5.74) is 3.79. The topological polar surface area (TPSA) is 89.9 Å². The van der Waals surface area contributed by atoms with E-state index in [0.29, 0.717) is 17.0 Å². The molecule has 4 aromatic rings. The van der Waals surface area contributed by atoms with Gasteiger partial charge in [-0.15, -0.1) is 11.8 Å². The largest absolute Gasteiger partial charge is 0.496 e. The van der Waals surface area contributed by atoms with Gasteiger partial charge in [-0.25, -0.2) is 0 Å². The standard InChI is InChI=1S/C32H32N2O5S/c1-21-28(20-40-29-11-4-3-10-27(29)37-2)38-32(39-30(21)23-14-12-22(19-35)13-15-23)24-7-5-9-26(17-24)34-31(36)25-8-6-16-33-18-25/h3-18,21,28,30,32,35H,19-20H2,1-2H3,(H,34,36)/t21-,28+,30+,32+/m1/s1. The molecule has 0 radical (unpaired) electrons. The van der Waals surface area contributed by atoms with Gasteiger partial charge in [-0.2, -0.15) is 0 Å². The lowest BCUT2D eigenvalue weighted by molar-refractivity contribution is -0.268. The van der Waals surface area contributed by atoms with Crippen LogP contribution in [-0.4, -0.2) is 35.0 Å². The molecule has 1 aliphatic rings. The van der Waals surface area contributed by atoms with Crippen LogP contribution in [0.25, 0.3) is 0 Å². The number of thioether (sulfide) groups is 1. The number of benzene rings is 3. The third-order valence-electron chi connectivity index (χ3n) is 6.94. The number of aliphatic hydroxyl groups excluding tert-OH is 1. The molecule has 7 nitrogen and oxygen atoms in total. The van der Waals surface area contributed by atoms with Crippen molar-refractivity contribution in [1.82, 2.24) is 4.98 Å². The van der Waals surface area contributed by atoms with E-state index in [9.17, 15) is 9.90 Å². The van der Waals surface area contributed by atoms with Crippen LogP contribution in [0.4, 0.5) is 5.69 Å². The smallest absolute Gasteiger partial charge is 0.257 e. The maximum atomic E-state index is 12.7. The highest BCUT2D eigenvalue weighted by Gasteiger charge is 2.38. The fraction of sp³-hybridized carbons (Fsp3) is 0.250. The second kappa shape index (κ2) is 13.1. The Morgan fingerprint density at radius 2 is 1.82 bits per heavy atom. The van der Waals surface area contributed by atoms with Crippen molar-refractivity contribution in [2.45, 2.75) is 36.9 Å². The second-order valence-electron chi connectivity index (χ2n) is 9.61. The number of pyridine rings is 1. The fourth-order valence-electron chi connectivity index (χ4n) is 4.68. The predicted molar refractivity (Wildman–Crippen MR) is 155 cm³/mol. The van der Waals surface area contributed by atoms with Crippen molar-refractivity contribution in [3.63, 3.8) is 0 Å². The van der Waals surface area contributed by atoms with Crippen molar-refractivity contribution < 1.29 is 24.1 Å². The lowest BCUT2D eigenvalue weighted by Gasteiger charge is -2.41. The molecule has 5 rings (SSSR count).